The smallest absolute Gasteiger partial charge is 0.328 e. The quantitative estimate of drug-likeness (QED) is 0.475. The van der Waals surface area contributed by atoms with Crippen LogP contribution in [0.2, 0.25) is 0 Å². The number of amides is 1. The van der Waals surface area contributed by atoms with E-state index in [1.54, 1.807) is 30.3 Å². The molecule has 9 nitrogen and oxygen atoms in total. The first-order valence-corrected chi connectivity index (χ1v) is 10.2. The second kappa shape index (κ2) is 9.20. The number of nitrogens with zero attached hydrogens (tertiary/aromatic N) is 1. The van der Waals surface area contributed by atoms with Crippen LogP contribution >= 0.6 is 0 Å². The van der Waals surface area contributed by atoms with Gasteiger partial charge in [-0.2, -0.15) is 0 Å². The summed E-state index contributed by atoms with van der Waals surface area (Å²) in [5.74, 6) is -0.470. The Bertz CT molecular complexity index is 1020. The first-order valence-electron chi connectivity index (χ1n) is 8.72. The molecule has 1 aliphatic heterocycles. The third-order valence-corrected chi connectivity index (χ3v) is 5.23. The van der Waals surface area contributed by atoms with Crippen molar-refractivity contribution in [3.05, 3.63) is 60.2 Å². The number of carbonyl (C=O) groups is 2. The van der Waals surface area contributed by atoms with E-state index < -0.39 is 35.1 Å². The Morgan fingerprint density at radius 1 is 1.03 bits per heavy atom. The molecule has 2 aromatic carbocycles. The van der Waals surface area contributed by atoms with Crippen molar-refractivity contribution in [3.8, 4) is 5.75 Å². The largest absolute Gasteiger partial charge is 0.492 e. The van der Waals surface area contributed by atoms with Crippen LogP contribution in [0.5, 0.6) is 5.75 Å². The molecule has 0 unspecified atom stereocenters. The van der Waals surface area contributed by atoms with Gasteiger partial charge in [0, 0.05) is 5.56 Å². The van der Waals surface area contributed by atoms with Gasteiger partial charge >= 0.3 is 5.97 Å². The maximum absolute atomic E-state index is 12.0. The highest BCUT2D eigenvalue weighted by Crippen LogP contribution is 2.21. The lowest BCUT2D eigenvalue weighted by atomic mass is 10.2. The molecule has 2 aromatic rings. The number of esters is 1. The third kappa shape index (κ3) is 5.55. The van der Waals surface area contributed by atoms with Crippen molar-refractivity contribution in [1.82, 2.24) is 10.0 Å². The SMILES string of the molecule is O=C(COC(=O)CN=C1NS(=O)(=O)c2ccccc21)NCCOc1ccccc1. The van der Waals surface area contributed by atoms with Crippen molar-refractivity contribution in [2.24, 2.45) is 4.99 Å². The summed E-state index contributed by atoms with van der Waals surface area (Å²) < 4.78 is 36.5. The van der Waals surface area contributed by atoms with E-state index in [4.69, 9.17) is 9.47 Å². The Morgan fingerprint density at radius 2 is 1.76 bits per heavy atom. The lowest BCUT2D eigenvalue weighted by Gasteiger charge is -2.08. The number of hydrogen-bond acceptors (Lipinski definition) is 7. The highest BCUT2D eigenvalue weighted by molar-refractivity contribution is 7.90. The number of fused-ring (bicyclic) bond motifs is 1. The Morgan fingerprint density at radius 3 is 2.55 bits per heavy atom. The standard InChI is InChI=1S/C19H19N3O6S/c23-17(20-10-11-27-14-6-2-1-3-7-14)13-28-18(24)12-21-19-15-8-4-5-9-16(15)29(25,26)22-19/h1-9H,10-13H2,(H,20,23)(H,21,22). The highest BCUT2D eigenvalue weighted by atomic mass is 32.2. The van der Waals surface area contributed by atoms with Crippen LogP contribution in [-0.2, 0) is 24.3 Å². The Kier molecular flexibility index (Phi) is 6.45. The van der Waals surface area contributed by atoms with Crippen molar-refractivity contribution in [3.63, 3.8) is 0 Å². The van der Waals surface area contributed by atoms with Crippen molar-refractivity contribution >= 4 is 27.7 Å². The highest BCUT2D eigenvalue weighted by Gasteiger charge is 2.30. The molecule has 10 heteroatoms. The minimum absolute atomic E-state index is 0.0695. The van der Waals surface area contributed by atoms with Crippen LogP contribution in [0.1, 0.15) is 5.56 Å². The van der Waals surface area contributed by atoms with Gasteiger partial charge in [-0.3, -0.25) is 19.3 Å². The number of aliphatic imine (C=N–C) groups is 1. The molecule has 1 aliphatic rings. The summed E-state index contributed by atoms with van der Waals surface area (Å²) >= 11 is 0. The first kappa shape index (κ1) is 20.3. The van der Waals surface area contributed by atoms with Crippen LogP contribution in [0.4, 0.5) is 0 Å². The number of para-hydroxylation sites is 1. The Balaban J connectivity index is 1.39. The zero-order valence-corrected chi connectivity index (χ0v) is 16.1. The predicted octanol–water partition coefficient (Wildman–Crippen LogP) is 0.464. The molecule has 0 aliphatic carbocycles. The molecule has 0 saturated carbocycles. The van der Waals surface area contributed by atoms with Gasteiger partial charge in [-0.25, -0.2) is 8.42 Å². The molecule has 0 radical (unpaired) electrons. The van der Waals surface area contributed by atoms with Crippen molar-refractivity contribution in [1.29, 1.82) is 0 Å². The fourth-order valence-corrected chi connectivity index (χ4v) is 3.76. The predicted molar refractivity (Wildman–Crippen MR) is 104 cm³/mol. The van der Waals surface area contributed by atoms with E-state index in [0.717, 1.165) is 0 Å². The van der Waals surface area contributed by atoms with Gasteiger partial charge in [-0.1, -0.05) is 30.3 Å². The van der Waals surface area contributed by atoms with Gasteiger partial charge in [-0.15, -0.1) is 0 Å². The number of benzene rings is 2. The molecular formula is C19H19N3O6S. The third-order valence-electron chi connectivity index (χ3n) is 3.83. The van der Waals surface area contributed by atoms with Gasteiger partial charge in [0.2, 0.25) is 0 Å². The van der Waals surface area contributed by atoms with E-state index in [0.29, 0.717) is 11.3 Å². The van der Waals surface area contributed by atoms with Crippen LogP contribution in [0.25, 0.3) is 0 Å². The average molecular weight is 417 g/mol. The maximum Gasteiger partial charge on any atom is 0.328 e. The van der Waals surface area contributed by atoms with Crippen LogP contribution in [0.3, 0.4) is 0 Å². The molecule has 1 amide bonds. The van der Waals surface area contributed by atoms with E-state index >= 15 is 0 Å². The minimum atomic E-state index is -3.67. The first-order chi connectivity index (χ1) is 14.0. The zero-order chi connectivity index (χ0) is 20.7. The van der Waals surface area contributed by atoms with Crippen LogP contribution in [-0.4, -0.2) is 52.4 Å². The maximum atomic E-state index is 12.0. The van der Waals surface area contributed by atoms with E-state index in [1.807, 2.05) is 18.2 Å². The molecule has 0 atom stereocenters. The van der Waals surface area contributed by atoms with Gasteiger partial charge in [0.15, 0.2) is 6.61 Å². The minimum Gasteiger partial charge on any atom is -0.492 e. The molecule has 2 N–H and O–H groups in total. The van der Waals surface area contributed by atoms with Crippen LogP contribution < -0.4 is 14.8 Å². The zero-order valence-electron chi connectivity index (χ0n) is 15.3. The van der Waals surface area contributed by atoms with Crippen molar-refractivity contribution in [2.75, 3.05) is 26.3 Å². The van der Waals surface area contributed by atoms with Crippen LogP contribution in [0.15, 0.2) is 64.5 Å². The van der Waals surface area contributed by atoms with E-state index in [2.05, 4.69) is 15.0 Å². The topological polar surface area (TPSA) is 123 Å². The monoisotopic (exact) mass is 417 g/mol. The molecule has 1 heterocycles. The summed E-state index contributed by atoms with van der Waals surface area (Å²) in [6.07, 6.45) is 0. The molecule has 0 spiro atoms. The molecule has 3 rings (SSSR count). The normalized spacial score (nSPS) is 15.2. The Labute approximate surface area is 167 Å². The number of nitrogens with one attached hydrogen (secondary N) is 2. The summed E-state index contributed by atoms with van der Waals surface area (Å²) in [6.45, 7) is -0.350. The summed E-state index contributed by atoms with van der Waals surface area (Å²) in [5, 5.41) is 2.56. The second-order valence-corrected chi connectivity index (χ2v) is 7.59. The molecule has 0 bridgehead atoms. The fraction of sp³-hybridized carbons (Fsp3) is 0.211. The van der Waals surface area contributed by atoms with E-state index in [1.165, 1.54) is 6.07 Å². The lowest BCUT2D eigenvalue weighted by molar-refractivity contribution is -0.147. The summed E-state index contributed by atoms with van der Waals surface area (Å²) in [7, 11) is -3.67. The number of carbonyl (C=O) groups excluding carboxylic acids is 2. The van der Waals surface area contributed by atoms with E-state index in [-0.39, 0.29) is 23.9 Å². The Hall–Kier alpha value is -3.40. The number of rotatable bonds is 8. The number of sulfonamides is 1. The molecule has 29 heavy (non-hydrogen) atoms. The number of ether oxygens (including phenoxy) is 2. The van der Waals surface area contributed by atoms with Gasteiger partial charge < -0.3 is 14.8 Å². The van der Waals surface area contributed by atoms with Gasteiger partial charge in [0.05, 0.1) is 11.4 Å². The molecule has 152 valence electrons. The number of hydrogen-bond donors (Lipinski definition) is 2. The second-order valence-electron chi connectivity index (χ2n) is 5.94. The molecule has 0 fully saturated rings. The van der Waals surface area contributed by atoms with E-state index in [9.17, 15) is 18.0 Å². The molecule has 0 saturated heterocycles. The fourth-order valence-electron chi connectivity index (χ4n) is 2.51. The summed E-state index contributed by atoms with van der Waals surface area (Å²) in [5.41, 5.74) is 0.386. The van der Waals surface area contributed by atoms with Gasteiger partial charge in [0.25, 0.3) is 15.9 Å². The molecular weight excluding hydrogens is 398 g/mol. The van der Waals surface area contributed by atoms with Gasteiger partial charge in [-0.05, 0) is 24.3 Å². The van der Waals surface area contributed by atoms with Gasteiger partial charge in [0.1, 0.15) is 24.7 Å². The number of amidine groups is 1. The average Bonchev–Trinajstić information content (AvgIpc) is 2.99. The van der Waals surface area contributed by atoms with Crippen molar-refractivity contribution < 1.29 is 27.5 Å². The van der Waals surface area contributed by atoms with Crippen molar-refractivity contribution in [2.45, 2.75) is 4.90 Å². The lowest BCUT2D eigenvalue weighted by Crippen LogP contribution is -2.32. The summed E-state index contributed by atoms with van der Waals surface area (Å²) in [4.78, 5) is 27.5. The summed E-state index contributed by atoms with van der Waals surface area (Å²) in [6, 6.07) is 15.4. The van der Waals surface area contributed by atoms with Crippen LogP contribution in [0, 0.1) is 0 Å². The molecule has 0 aromatic heterocycles.